The van der Waals surface area contributed by atoms with Crippen LogP contribution in [0.1, 0.15) is 32.6 Å². The van der Waals surface area contributed by atoms with Crippen LogP contribution in [-0.2, 0) is 0 Å². The van der Waals surface area contributed by atoms with Crippen molar-refractivity contribution >= 4 is 0 Å². The number of rotatable bonds is 5. The third-order valence-corrected chi connectivity index (χ3v) is 1.73. The predicted molar refractivity (Wildman–Crippen MR) is 54.1 cm³/mol. The average Bonchev–Trinajstić information content (AvgIpc) is 2.16. The third-order valence-electron chi connectivity index (χ3n) is 1.73. The zero-order valence-corrected chi connectivity index (χ0v) is 8.16. The van der Waals surface area contributed by atoms with E-state index in [1.54, 1.807) is 0 Å². The highest BCUT2D eigenvalue weighted by molar-refractivity contribution is 5.02. The molecule has 2 N–H and O–H groups in total. The van der Waals surface area contributed by atoms with Crippen molar-refractivity contribution in [3.8, 4) is 11.8 Å². The second-order valence-electron chi connectivity index (χ2n) is 2.95. The average molecular weight is 182 g/mol. The van der Waals surface area contributed by atoms with Crippen LogP contribution in [0.15, 0.2) is 12.7 Å². The van der Waals surface area contributed by atoms with Gasteiger partial charge in [0, 0.05) is 12.8 Å². The van der Waals surface area contributed by atoms with Gasteiger partial charge in [-0.2, -0.15) is 0 Å². The molecule has 0 saturated carbocycles. The summed E-state index contributed by atoms with van der Waals surface area (Å²) in [4.78, 5) is 0. The van der Waals surface area contributed by atoms with Crippen LogP contribution in [-0.4, -0.2) is 22.4 Å². The van der Waals surface area contributed by atoms with E-state index in [0.717, 1.165) is 19.3 Å². The van der Waals surface area contributed by atoms with Crippen LogP contribution in [0.2, 0.25) is 0 Å². The van der Waals surface area contributed by atoms with E-state index in [2.05, 4.69) is 25.3 Å². The Morgan fingerprint density at radius 1 is 1.38 bits per heavy atom. The Morgan fingerprint density at radius 3 is 2.62 bits per heavy atom. The highest BCUT2D eigenvalue weighted by Gasteiger charge is 2.09. The van der Waals surface area contributed by atoms with Crippen molar-refractivity contribution in [1.82, 2.24) is 0 Å². The molecule has 0 aliphatic heterocycles. The van der Waals surface area contributed by atoms with Crippen molar-refractivity contribution in [2.75, 3.05) is 0 Å². The van der Waals surface area contributed by atoms with Crippen molar-refractivity contribution in [3.05, 3.63) is 12.7 Å². The van der Waals surface area contributed by atoms with Gasteiger partial charge in [0.05, 0.1) is 12.2 Å². The van der Waals surface area contributed by atoms with Crippen LogP contribution in [0, 0.1) is 11.8 Å². The standard InChI is InChI=1S/C11H18O2/c1-3-5-6-7-8-9-11(13)10(12)4-2/h4,10-13H,2-3,5-6,9H2,1H3/t10-,11-/m0/s1. The molecule has 0 aliphatic rings. The molecular weight excluding hydrogens is 164 g/mol. The Labute approximate surface area is 80.3 Å². The van der Waals surface area contributed by atoms with E-state index in [-0.39, 0.29) is 0 Å². The minimum absolute atomic E-state index is 0.316. The zero-order chi connectivity index (χ0) is 10.1. The summed E-state index contributed by atoms with van der Waals surface area (Å²) >= 11 is 0. The molecule has 2 atom stereocenters. The van der Waals surface area contributed by atoms with Gasteiger partial charge in [-0.05, 0) is 6.42 Å². The Bertz CT molecular complexity index is 188. The SMILES string of the molecule is C=C[C@H](O)[C@@H](O)CC#CCCCC. The number of aliphatic hydroxyl groups excluding tert-OH is 2. The molecule has 0 unspecified atom stereocenters. The van der Waals surface area contributed by atoms with Crippen molar-refractivity contribution in [2.45, 2.75) is 44.8 Å². The summed E-state index contributed by atoms with van der Waals surface area (Å²) in [5, 5.41) is 18.3. The molecule has 0 fully saturated rings. The van der Waals surface area contributed by atoms with E-state index < -0.39 is 12.2 Å². The molecule has 74 valence electrons. The van der Waals surface area contributed by atoms with Crippen LogP contribution in [0.3, 0.4) is 0 Å². The van der Waals surface area contributed by atoms with Crippen LogP contribution in [0.25, 0.3) is 0 Å². The molecule has 0 bridgehead atoms. The van der Waals surface area contributed by atoms with Gasteiger partial charge in [-0.25, -0.2) is 0 Å². The number of hydrogen-bond acceptors (Lipinski definition) is 2. The highest BCUT2D eigenvalue weighted by Crippen LogP contribution is 1.99. The molecule has 0 spiro atoms. The first kappa shape index (κ1) is 12.2. The molecule has 0 aromatic carbocycles. The molecule has 0 radical (unpaired) electrons. The number of hydrogen-bond donors (Lipinski definition) is 2. The molecule has 0 aliphatic carbocycles. The lowest BCUT2D eigenvalue weighted by Gasteiger charge is -2.09. The van der Waals surface area contributed by atoms with Gasteiger partial charge in [0.25, 0.3) is 0 Å². The summed E-state index contributed by atoms with van der Waals surface area (Å²) in [6.07, 6.45) is 3.06. The molecule has 2 nitrogen and oxygen atoms in total. The summed E-state index contributed by atoms with van der Waals surface area (Å²) in [5.74, 6) is 5.77. The van der Waals surface area contributed by atoms with Gasteiger partial charge < -0.3 is 10.2 Å². The van der Waals surface area contributed by atoms with Gasteiger partial charge in [0.2, 0.25) is 0 Å². The smallest absolute Gasteiger partial charge is 0.0986 e. The predicted octanol–water partition coefficient (Wildman–Crippen LogP) is 1.48. The van der Waals surface area contributed by atoms with E-state index in [0.29, 0.717) is 6.42 Å². The molecular formula is C11H18O2. The summed E-state index contributed by atoms with van der Waals surface area (Å²) < 4.78 is 0. The second-order valence-corrected chi connectivity index (χ2v) is 2.95. The van der Waals surface area contributed by atoms with Crippen molar-refractivity contribution in [3.63, 3.8) is 0 Å². The van der Waals surface area contributed by atoms with Gasteiger partial charge in [0.1, 0.15) is 0 Å². The van der Waals surface area contributed by atoms with Crippen LogP contribution in [0.4, 0.5) is 0 Å². The third kappa shape index (κ3) is 6.39. The summed E-state index contributed by atoms with van der Waals surface area (Å²) in [6, 6.07) is 0. The zero-order valence-electron chi connectivity index (χ0n) is 8.16. The Hall–Kier alpha value is -0.780. The molecule has 0 aromatic rings. The fourth-order valence-electron chi connectivity index (χ4n) is 0.808. The van der Waals surface area contributed by atoms with Gasteiger partial charge >= 0.3 is 0 Å². The van der Waals surface area contributed by atoms with E-state index in [9.17, 15) is 5.11 Å². The van der Waals surface area contributed by atoms with Gasteiger partial charge in [-0.3, -0.25) is 0 Å². The molecule has 0 aromatic heterocycles. The van der Waals surface area contributed by atoms with Crippen LogP contribution < -0.4 is 0 Å². The lowest BCUT2D eigenvalue weighted by atomic mass is 10.1. The van der Waals surface area contributed by atoms with Crippen LogP contribution >= 0.6 is 0 Å². The van der Waals surface area contributed by atoms with E-state index >= 15 is 0 Å². The van der Waals surface area contributed by atoms with Crippen molar-refractivity contribution in [2.24, 2.45) is 0 Å². The molecule has 0 rings (SSSR count). The van der Waals surface area contributed by atoms with Gasteiger partial charge in [-0.1, -0.05) is 19.4 Å². The molecule has 13 heavy (non-hydrogen) atoms. The number of aliphatic hydroxyl groups is 2. The van der Waals surface area contributed by atoms with E-state index in [1.807, 2.05) is 0 Å². The monoisotopic (exact) mass is 182 g/mol. The normalized spacial score (nSPS) is 14.1. The van der Waals surface area contributed by atoms with Crippen LogP contribution in [0.5, 0.6) is 0 Å². The molecule has 0 saturated heterocycles. The first-order valence-electron chi connectivity index (χ1n) is 4.66. The summed E-state index contributed by atoms with van der Waals surface area (Å²) in [6.45, 7) is 5.49. The molecule has 2 heteroatoms. The minimum atomic E-state index is -0.861. The van der Waals surface area contributed by atoms with Crippen molar-refractivity contribution < 1.29 is 10.2 Å². The van der Waals surface area contributed by atoms with Crippen molar-refractivity contribution in [1.29, 1.82) is 0 Å². The Morgan fingerprint density at radius 2 is 2.08 bits per heavy atom. The molecule has 0 heterocycles. The van der Waals surface area contributed by atoms with E-state index in [1.165, 1.54) is 6.08 Å². The Kier molecular flexibility index (Phi) is 7.38. The number of unbranched alkanes of at least 4 members (excludes halogenated alkanes) is 2. The summed E-state index contributed by atoms with van der Waals surface area (Å²) in [5.41, 5.74) is 0. The lowest BCUT2D eigenvalue weighted by molar-refractivity contribution is 0.0527. The quantitative estimate of drug-likeness (QED) is 0.384. The maximum atomic E-state index is 9.25. The summed E-state index contributed by atoms with van der Waals surface area (Å²) in [7, 11) is 0. The first-order valence-corrected chi connectivity index (χ1v) is 4.66. The minimum Gasteiger partial charge on any atom is -0.389 e. The fraction of sp³-hybridized carbons (Fsp3) is 0.636. The maximum absolute atomic E-state index is 9.25. The van der Waals surface area contributed by atoms with Gasteiger partial charge in [0.15, 0.2) is 0 Å². The second kappa shape index (κ2) is 7.85. The van der Waals surface area contributed by atoms with E-state index in [4.69, 9.17) is 5.11 Å². The highest BCUT2D eigenvalue weighted by atomic mass is 16.3. The maximum Gasteiger partial charge on any atom is 0.0986 e. The Balaban J connectivity index is 3.59. The van der Waals surface area contributed by atoms with Gasteiger partial charge in [-0.15, -0.1) is 18.4 Å². The topological polar surface area (TPSA) is 40.5 Å². The largest absolute Gasteiger partial charge is 0.389 e. The first-order chi connectivity index (χ1) is 6.22. The molecule has 0 amide bonds. The fourth-order valence-corrected chi connectivity index (χ4v) is 0.808. The lowest BCUT2D eigenvalue weighted by Crippen LogP contribution is -2.22.